The van der Waals surface area contributed by atoms with Crippen LogP contribution in [0.15, 0.2) is 89.3 Å². The van der Waals surface area contributed by atoms with Gasteiger partial charge in [0.15, 0.2) is 4.80 Å². The van der Waals surface area contributed by atoms with Crippen molar-refractivity contribution in [2.45, 2.75) is 24.8 Å². The molecule has 0 aliphatic heterocycles. The minimum absolute atomic E-state index is 0.0924. The molecular formula is C25H22ClN3O3S2. The number of amides is 1. The summed E-state index contributed by atoms with van der Waals surface area (Å²) in [5, 5.41) is 0.449. The molecule has 0 unspecified atom stereocenters. The lowest BCUT2D eigenvalue weighted by Crippen LogP contribution is -2.16. The van der Waals surface area contributed by atoms with Gasteiger partial charge in [-0.2, -0.15) is 4.99 Å². The van der Waals surface area contributed by atoms with E-state index < -0.39 is 15.9 Å². The maximum Gasteiger partial charge on any atom is 0.279 e. The van der Waals surface area contributed by atoms with E-state index in [1.807, 2.05) is 10.6 Å². The van der Waals surface area contributed by atoms with E-state index in [0.29, 0.717) is 27.6 Å². The van der Waals surface area contributed by atoms with Crippen molar-refractivity contribution in [3.05, 3.63) is 100 Å². The number of allylic oxidation sites excluding steroid dienone is 1. The van der Waals surface area contributed by atoms with Crippen molar-refractivity contribution in [3.8, 4) is 0 Å². The zero-order valence-electron chi connectivity index (χ0n) is 18.4. The number of halogens is 1. The number of aromatic nitrogens is 1. The molecule has 0 spiro atoms. The van der Waals surface area contributed by atoms with Crippen molar-refractivity contribution in [2.75, 3.05) is 4.72 Å². The van der Waals surface area contributed by atoms with E-state index >= 15 is 0 Å². The van der Waals surface area contributed by atoms with Gasteiger partial charge in [0.1, 0.15) is 0 Å². The summed E-state index contributed by atoms with van der Waals surface area (Å²) >= 11 is 7.28. The van der Waals surface area contributed by atoms with Crippen LogP contribution in [0.5, 0.6) is 0 Å². The van der Waals surface area contributed by atoms with Crippen LogP contribution in [0.4, 0.5) is 5.69 Å². The smallest absolute Gasteiger partial charge is 0.279 e. The lowest BCUT2D eigenvalue weighted by Gasteiger charge is -2.08. The standard InChI is InChI=1S/C25H22ClN3O3S2/c1-3-15-29-22-14-5-17(4-2)16-23(22)33-25(29)27-24(30)18-6-10-20(11-7-18)28-34(31,32)21-12-8-19(26)9-13-21/h3,5-14,16,28H,1,4,15H2,2H3. The number of hydrogen-bond acceptors (Lipinski definition) is 4. The first kappa shape index (κ1) is 23.9. The van der Waals surface area contributed by atoms with E-state index in [9.17, 15) is 13.2 Å². The van der Waals surface area contributed by atoms with Crippen LogP contribution in [0.2, 0.25) is 5.02 Å². The summed E-state index contributed by atoms with van der Waals surface area (Å²) in [4.78, 5) is 17.9. The third-order valence-electron chi connectivity index (χ3n) is 5.17. The van der Waals surface area contributed by atoms with Gasteiger partial charge in [0, 0.05) is 22.8 Å². The van der Waals surface area contributed by atoms with Crippen molar-refractivity contribution >= 4 is 54.8 Å². The number of carbonyl (C=O) groups is 1. The molecule has 1 N–H and O–H groups in total. The van der Waals surface area contributed by atoms with E-state index in [4.69, 9.17) is 11.6 Å². The number of rotatable bonds is 7. The van der Waals surface area contributed by atoms with Crippen LogP contribution < -0.4 is 9.52 Å². The summed E-state index contributed by atoms with van der Waals surface area (Å²) in [6, 6.07) is 18.3. The number of carbonyl (C=O) groups excluding carboxylic acids is 1. The number of hydrogen-bond donors (Lipinski definition) is 1. The van der Waals surface area contributed by atoms with Gasteiger partial charge in [0.25, 0.3) is 15.9 Å². The lowest BCUT2D eigenvalue weighted by molar-refractivity contribution is 0.0998. The zero-order valence-corrected chi connectivity index (χ0v) is 20.8. The average Bonchev–Trinajstić information content (AvgIpc) is 3.15. The van der Waals surface area contributed by atoms with Crippen LogP contribution in [0.1, 0.15) is 22.8 Å². The predicted octanol–water partition coefficient (Wildman–Crippen LogP) is 5.65. The van der Waals surface area contributed by atoms with E-state index in [1.165, 1.54) is 53.3 Å². The summed E-state index contributed by atoms with van der Waals surface area (Å²) < 4.78 is 30.6. The van der Waals surface area contributed by atoms with Gasteiger partial charge in [0.2, 0.25) is 0 Å². The fraction of sp³-hybridized carbons (Fsp3) is 0.120. The molecule has 1 aromatic heterocycles. The van der Waals surface area contributed by atoms with Crippen LogP contribution in [-0.2, 0) is 23.0 Å². The zero-order chi connectivity index (χ0) is 24.3. The predicted molar refractivity (Wildman–Crippen MR) is 138 cm³/mol. The Morgan fingerprint density at radius 3 is 2.47 bits per heavy atom. The Kier molecular flexibility index (Phi) is 7.02. The molecule has 4 aromatic rings. The number of anilines is 1. The molecule has 0 bridgehead atoms. The van der Waals surface area contributed by atoms with Gasteiger partial charge < -0.3 is 4.57 Å². The Balaban J connectivity index is 1.60. The molecule has 1 amide bonds. The summed E-state index contributed by atoms with van der Waals surface area (Å²) in [6.07, 6.45) is 2.69. The molecule has 1 heterocycles. The molecule has 174 valence electrons. The second-order valence-electron chi connectivity index (χ2n) is 7.49. The maximum absolute atomic E-state index is 12.9. The molecule has 9 heteroatoms. The first-order valence-electron chi connectivity index (χ1n) is 10.5. The Bertz CT molecular complexity index is 1540. The minimum atomic E-state index is -3.77. The van der Waals surface area contributed by atoms with E-state index in [-0.39, 0.29) is 4.90 Å². The monoisotopic (exact) mass is 511 g/mol. The maximum atomic E-state index is 12.9. The first-order valence-corrected chi connectivity index (χ1v) is 13.2. The third kappa shape index (κ3) is 5.14. The first-order chi connectivity index (χ1) is 16.3. The summed E-state index contributed by atoms with van der Waals surface area (Å²) in [5.41, 5.74) is 2.91. The summed E-state index contributed by atoms with van der Waals surface area (Å²) in [6.45, 7) is 6.44. The van der Waals surface area contributed by atoms with Crippen molar-refractivity contribution < 1.29 is 13.2 Å². The van der Waals surface area contributed by atoms with Crippen molar-refractivity contribution in [2.24, 2.45) is 4.99 Å². The Morgan fingerprint density at radius 1 is 1.12 bits per heavy atom. The second-order valence-corrected chi connectivity index (χ2v) is 10.6. The molecule has 34 heavy (non-hydrogen) atoms. The Hall–Kier alpha value is -3.20. The SMILES string of the molecule is C=CCn1c(=NC(=O)c2ccc(NS(=O)(=O)c3ccc(Cl)cc3)cc2)sc2cc(CC)ccc21. The Morgan fingerprint density at radius 2 is 1.82 bits per heavy atom. The number of benzene rings is 3. The molecule has 0 aliphatic rings. The topological polar surface area (TPSA) is 80.5 Å². The number of fused-ring (bicyclic) bond motifs is 1. The van der Waals surface area contributed by atoms with Gasteiger partial charge in [-0.15, -0.1) is 6.58 Å². The van der Waals surface area contributed by atoms with Crippen LogP contribution in [0.25, 0.3) is 10.2 Å². The number of aryl methyl sites for hydroxylation is 1. The Labute approximate surface area is 206 Å². The molecule has 0 fully saturated rings. The van der Waals surface area contributed by atoms with Crippen LogP contribution in [0.3, 0.4) is 0 Å². The highest BCUT2D eigenvalue weighted by Gasteiger charge is 2.15. The quantitative estimate of drug-likeness (QED) is 0.326. The molecule has 0 aliphatic carbocycles. The average molecular weight is 512 g/mol. The highest BCUT2D eigenvalue weighted by Crippen LogP contribution is 2.21. The van der Waals surface area contributed by atoms with Crippen molar-refractivity contribution in [1.29, 1.82) is 0 Å². The largest absolute Gasteiger partial charge is 0.312 e. The van der Waals surface area contributed by atoms with Gasteiger partial charge in [-0.3, -0.25) is 9.52 Å². The fourth-order valence-electron chi connectivity index (χ4n) is 3.39. The lowest BCUT2D eigenvalue weighted by atomic mass is 10.2. The van der Waals surface area contributed by atoms with Crippen molar-refractivity contribution in [1.82, 2.24) is 4.57 Å². The molecule has 0 atom stereocenters. The number of sulfonamides is 1. The molecule has 0 radical (unpaired) electrons. The fourth-order valence-corrected chi connectivity index (χ4v) is 5.67. The molecule has 3 aromatic carbocycles. The molecule has 4 rings (SSSR count). The van der Waals surface area contributed by atoms with Crippen molar-refractivity contribution in [3.63, 3.8) is 0 Å². The highest BCUT2D eigenvalue weighted by molar-refractivity contribution is 7.92. The van der Waals surface area contributed by atoms with Gasteiger partial charge in [-0.25, -0.2) is 8.42 Å². The van der Waals surface area contributed by atoms with Gasteiger partial charge >= 0.3 is 0 Å². The molecule has 0 saturated heterocycles. The van der Waals surface area contributed by atoms with Crippen LogP contribution >= 0.6 is 22.9 Å². The molecule has 0 saturated carbocycles. The van der Waals surface area contributed by atoms with Gasteiger partial charge in [-0.1, -0.05) is 42.0 Å². The summed E-state index contributed by atoms with van der Waals surface area (Å²) in [7, 11) is -3.77. The van der Waals surface area contributed by atoms with E-state index in [0.717, 1.165) is 16.6 Å². The van der Waals surface area contributed by atoms with Gasteiger partial charge in [-0.05, 0) is 72.6 Å². The molecular weight excluding hydrogens is 490 g/mol. The third-order valence-corrected chi connectivity index (χ3v) is 7.86. The minimum Gasteiger partial charge on any atom is -0.312 e. The number of nitrogens with zero attached hydrogens (tertiary/aromatic N) is 2. The van der Waals surface area contributed by atoms with Crippen LogP contribution in [-0.4, -0.2) is 18.9 Å². The second kappa shape index (κ2) is 9.97. The van der Waals surface area contributed by atoms with Crippen LogP contribution in [0, 0.1) is 0 Å². The summed E-state index contributed by atoms with van der Waals surface area (Å²) in [5.74, 6) is -0.410. The highest BCUT2D eigenvalue weighted by atomic mass is 35.5. The van der Waals surface area contributed by atoms with E-state index in [1.54, 1.807) is 18.2 Å². The number of nitrogens with one attached hydrogen (secondary N) is 1. The van der Waals surface area contributed by atoms with E-state index in [2.05, 4.69) is 35.3 Å². The normalized spacial score (nSPS) is 12.1. The van der Waals surface area contributed by atoms with Gasteiger partial charge in [0.05, 0.1) is 15.1 Å². The number of thiazole rings is 1. The molecule has 6 nitrogen and oxygen atoms in total.